The molecule has 0 aliphatic carbocycles. The topological polar surface area (TPSA) is 84.9 Å². The zero-order valence-corrected chi connectivity index (χ0v) is 19.9. The third kappa shape index (κ3) is 5.43. The fourth-order valence-corrected chi connectivity index (χ4v) is 3.73. The van der Waals surface area contributed by atoms with Crippen molar-refractivity contribution in [2.45, 2.75) is 26.9 Å². The Bertz CT molecular complexity index is 1330. The number of nitrogens with one attached hydrogen (secondary N) is 1. The van der Waals surface area contributed by atoms with Gasteiger partial charge in [0.05, 0.1) is 12.3 Å². The Hall–Kier alpha value is -4.46. The van der Waals surface area contributed by atoms with Crippen LogP contribution < -0.4 is 19.7 Å². The molecular weight excluding hydrogens is 463 g/mol. The number of anilines is 1. The fraction of sp³-hybridized carbons (Fsp3) is 0.179. The monoisotopic (exact) mass is 488 g/mol. The summed E-state index contributed by atoms with van der Waals surface area (Å²) in [6, 6.07) is 17.2. The van der Waals surface area contributed by atoms with Crippen LogP contribution in [0.15, 0.2) is 72.3 Å². The van der Waals surface area contributed by atoms with Crippen LogP contribution in [0.2, 0.25) is 0 Å². The Morgan fingerprint density at radius 2 is 1.67 bits per heavy atom. The summed E-state index contributed by atoms with van der Waals surface area (Å²) in [5.74, 6) is -1.04. The van der Waals surface area contributed by atoms with Gasteiger partial charge in [0, 0.05) is 0 Å². The summed E-state index contributed by atoms with van der Waals surface area (Å²) < 4.78 is 25.0. The molecule has 0 aromatic heterocycles. The number of carbonyl (C=O) groups is 3. The van der Waals surface area contributed by atoms with Gasteiger partial charge in [0.1, 0.15) is 18.0 Å². The van der Waals surface area contributed by atoms with Gasteiger partial charge >= 0.3 is 6.03 Å². The van der Waals surface area contributed by atoms with E-state index in [9.17, 15) is 18.8 Å². The number of halogens is 1. The molecule has 0 saturated carbocycles. The Balaban J connectivity index is 1.60. The van der Waals surface area contributed by atoms with Crippen LogP contribution in [-0.4, -0.2) is 24.5 Å². The Morgan fingerprint density at radius 1 is 0.889 bits per heavy atom. The molecule has 1 heterocycles. The molecule has 7 nitrogen and oxygen atoms in total. The van der Waals surface area contributed by atoms with E-state index in [4.69, 9.17) is 9.47 Å². The third-order valence-electron chi connectivity index (χ3n) is 5.57. The lowest BCUT2D eigenvalue weighted by Gasteiger charge is -2.26. The van der Waals surface area contributed by atoms with Crippen molar-refractivity contribution < 1.29 is 28.2 Å². The van der Waals surface area contributed by atoms with E-state index in [2.05, 4.69) is 5.32 Å². The van der Waals surface area contributed by atoms with Crippen molar-refractivity contribution in [2.24, 2.45) is 0 Å². The van der Waals surface area contributed by atoms with E-state index < -0.39 is 17.8 Å². The van der Waals surface area contributed by atoms with Gasteiger partial charge in [-0.05, 0) is 72.5 Å². The number of imide groups is 2. The average Bonchev–Trinajstić information content (AvgIpc) is 2.86. The largest absolute Gasteiger partial charge is 0.490 e. The highest BCUT2D eigenvalue weighted by Gasteiger charge is 2.36. The summed E-state index contributed by atoms with van der Waals surface area (Å²) in [6.07, 6.45) is 2.21. The maximum atomic E-state index is 13.5. The highest BCUT2D eigenvalue weighted by molar-refractivity contribution is 6.39. The number of aryl methyl sites for hydroxylation is 1. The van der Waals surface area contributed by atoms with Crippen LogP contribution in [0.25, 0.3) is 6.08 Å². The van der Waals surface area contributed by atoms with Crippen LogP contribution in [0.5, 0.6) is 11.5 Å². The quantitative estimate of drug-likeness (QED) is 0.355. The van der Waals surface area contributed by atoms with Crippen molar-refractivity contribution in [3.05, 3.63) is 94.8 Å². The van der Waals surface area contributed by atoms with Gasteiger partial charge in [0.2, 0.25) is 0 Å². The number of hydrogen-bond acceptors (Lipinski definition) is 5. The predicted molar refractivity (Wildman–Crippen MR) is 133 cm³/mol. The van der Waals surface area contributed by atoms with Gasteiger partial charge < -0.3 is 9.47 Å². The number of nitrogens with zero attached hydrogens (tertiary/aromatic N) is 1. The minimum atomic E-state index is -0.803. The molecule has 1 fully saturated rings. The Kier molecular flexibility index (Phi) is 7.44. The number of hydrogen-bond donors (Lipinski definition) is 1. The number of benzene rings is 3. The van der Waals surface area contributed by atoms with Crippen molar-refractivity contribution in [1.29, 1.82) is 0 Å². The van der Waals surface area contributed by atoms with Gasteiger partial charge in [-0.25, -0.2) is 14.1 Å². The molecule has 1 saturated heterocycles. The second-order valence-electron chi connectivity index (χ2n) is 8.04. The summed E-state index contributed by atoms with van der Waals surface area (Å²) in [7, 11) is 0. The molecule has 1 N–H and O–H groups in total. The number of rotatable bonds is 8. The first-order valence-corrected chi connectivity index (χ1v) is 11.5. The molecule has 1 aliphatic heterocycles. The predicted octanol–water partition coefficient (Wildman–Crippen LogP) is 5.03. The number of carbonyl (C=O) groups excluding carboxylic acids is 3. The fourth-order valence-electron chi connectivity index (χ4n) is 3.73. The Morgan fingerprint density at radius 3 is 2.36 bits per heavy atom. The number of urea groups is 1. The maximum Gasteiger partial charge on any atom is 0.335 e. The third-order valence-corrected chi connectivity index (χ3v) is 5.57. The van der Waals surface area contributed by atoms with Gasteiger partial charge in [-0.15, -0.1) is 0 Å². The minimum absolute atomic E-state index is 0.132. The van der Waals surface area contributed by atoms with Gasteiger partial charge in [-0.1, -0.05) is 37.3 Å². The van der Waals surface area contributed by atoms with Gasteiger partial charge in [-0.2, -0.15) is 0 Å². The molecule has 8 heteroatoms. The molecule has 0 radical (unpaired) electrons. The normalized spacial score (nSPS) is 14.7. The summed E-state index contributed by atoms with van der Waals surface area (Å²) in [5.41, 5.74) is 2.39. The molecule has 4 rings (SSSR count). The molecule has 0 unspecified atom stereocenters. The van der Waals surface area contributed by atoms with Crippen molar-refractivity contribution in [2.75, 3.05) is 11.5 Å². The van der Waals surface area contributed by atoms with Gasteiger partial charge in [0.15, 0.2) is 11.5 Å². The van der Waals surface area contributed by atoms with Crippen LogP contribution in [0.1, 0.15) is 30.5 Å². The number of ether oxygens (including phenoxy) is 2. The summed E-state index contributed by atoms with van der Waals surface area (Å²) >= 11 is 0. The molecule has 184 valence electrons. The zero-order chi connectivity index (χ0) is 25.7. The first-order valence-electron chi connectivity index (χ1n) is 11.5. The van der Waals surface area contributed by atoms with E-state index >= 15 is 0 Å². The molecular formula is C28H25FN2O5. The Labute approximate surface area is 208 Å². The van der Waals surface area contributed by atoms with E-state index in [0.29, 0.717) is 34.9 Å². The summed E-state index contributed by atoms with van der Waals surface area (Å²) in [5, 5.41) is 2.22. The van der Waals surface area contributed by atoms with Crippen molar-refractivity contribution in [3.8, 4) is 11.5 Å². The number of barbiturate groups is 1. The van der Waals surface area contributed by atoms with Crippen LogP contribution in [-0.2, 0) is 22.6 Å². The van der Waals surface area contributed by atoms with Gasteiger partial charge in [-0.3, -0.25) is 14.9 Å². The second kappa shape index (κ2) is 10.9. The van der Waals surface area contributed by atoms with Crippen LogP contribution in [0, 0.1) is 5.82 Å². The molecule has 4 amide bonds. The minimum Gasteiger partial charge on any atom is -0.490 e. The van der Waals surface area contributed by atoms with E-state index in [1.165, 1.54) is 18.2 Å². The summed E-state index contributed by atoms with van der Waals surface area (Å²) in [6.45, 7) is 4.30. The first kappa shape index (κ1) is 24.7. The van der Waals surface area contributed by atoms with Crippen LogP contribution in [0.3, 0.4) is 0 Å². The van der Waals surface area contributed by atoms with E-state index in [-0.39, 0.29) is 18.0 Å². The lowest BCUT2D eigenvalue weighted by atomic mass is 10.1. The molecule has 3 aromatic carbocycles. The lowest BCUT2D eigenvalue weighted by Crippen LogP contribution is -2.54. The maximum absolute atomic E-state index is 13.5. The first-order chi connectivity index (χ1) is 17.4. The molecule has 0 spiro atoms. The number of amides is 4. The smallest absolute Gasteiger partial charge is 0.335 e. The zero-order valence-electron chi connectivity index (χ0n) is 19.9. The molecule has 1 aliphatic rings. The SMILES string of the molecule is CCOc1cc(/C=C2/C(=O)NC(=O)N(c3ccc(CC)cc3)C2=O)ccc1OCc1cccc(F)c1. The molecule has 36 heavy (non-hydrogen) atoms. The van der Waals surface area contributed by atoms with Crippen LogP contribution in [0.4, 0.5) is 14.9 Å². The highest BCUT2D eigenvalue weighted by atomic mass is 19.1. The van der Waals surface area contributed by atoms with E-state index in [1.54, 1.807) is 42.5 Å². The van der Waals surface area contributed by atoms with E-state index in [1.807, 2.05) is 26.0 Å². The lowest BCUT2D eigenvalue weighted by molar-refractivity contribution is -0.122. The molecule has 0 atom stereocenters. The highest BCUT2D eigenvalue weighted by Crippen LogP contribution is 2.31. The average molecular weight is 489 g/mol. The molecule has 0 bridgehead atoms. The standard InChI is InChI=1S/C28H25FN2O5/c1-3-18-8-11-22(12-9-18)31-27(33)23(26(32)30-28(31)34)15-19-10-13-24(25(16-19)35-4-2)36-17-20-6-5-7-21(29)14-20/h5-16H,3-4,17H2,1-2H3,(H,30,32,34)/b23-15-. The van der Waals surface area contributed by atoms with Crippen molar-refractivity contribution in [3.63, 3.8) is 0 Å². The van der Waals surface area contributed by atoms with Gasteiger partial charge in [0.25, 0.3) is 11.8 Å². The summed E-state index contributed by atoms with van der Waals surface area (Å²) in [4.78, 5) is 39.1. The van der Waals surface area contributed by atoms with E-state index in [0.717, 1.165) is 16.9 Å². The second-order valence-corrected chi connectivity index (χ2v) is 8.04. The van der Waals surface area contributed by atoms with Crippen molar-refractivity contribution >= 4 is 29.6 Å². The van der Waals surface area contributed by atoms with Crippen LogP contribution >= 0.6 is 0 Å². The molecule has 3 aromatic rings. The van der Waals surface area contributed by atoms with Crippen molar-refractivity contribution in [1.82, 2.24) is 5.32 Å².